The molecule has 8 atom stereocenters. The summed E-state index contributed by atoms with van der Waals surface area (Å²) < 4.78 is 85.5. The summed E-state index contributed by atoms with van der Waals surface area (Å²) >= 11 is 0. The van der Waals surface area contributed by atoms with Gasteiger partial charge in [0.1, 0.15) is 0 Å². The van der Waals surface area contributed by atoms with Gasteiger partial charge >= 0.3 is 12.4 Å². The molecule has 4 rings (SSSR count). The molecule has 36 heavy (non-hydrogen) atoms. The average molecular weight is 529 g/mol. The van der Waals surface area contributed by atoms with Gasteiger partial charge < -0.3 is 20.1 Å². The van der Waals surface area contributed by atoms with Crippen molar-refractivity contribution in [1.82, 2.24) is 0 Å². The van der Waals surface area contributed by atoms with Crippen LogP contribution in [0.5, 0.6) is 0 Å². The van der Waals surface area contributed by atoms with E-state index < -0.39 is 41.8 Å². The van der Waals surface area contributed by atoms with E-state index in [2.05, 4.69) is 13.0 Å². The van der Waals surface area contributed by atoms with Crippen LogP contribution in [0.25, 0.3) is 0 Å². The number of hydrogen-bond acceptors (Lipinski definition) is 4. The largest absolute Gasteiger partial charge is 0.426 e. The van der Waals surface area contributed by atoms with E-state index in [4.69, 9.17) is 9.84 Å². The number of aliphatic hydroxyl groups is 3. The van der Waals surface area contributed by atoms with Gasteiger partial charge in [-0.2, -0.15) is 26.3 Å². The zero-order chi connectivity index (χ0) is 26.7. The summed E-state index contributed by atoms with van der Waals surface area (Å²) in [4.78, 5) is 0. The monoisotopic (exact) mass is 528 g/mol. The summed E-state index contributed by atoms with van der Waals surface area (Å²) in [5.41, 5.74) is -4.18. The normalized spacial score (nSPS) is 40.2. The minimum Gasteiger partial charge on any atom is -0.394 e. The summed E-state index contributed by atoms with van der Waals surface area (Å²) in [5, 5.41) is 29.5. The SMILES string of the molecule is C[C@]12CC[C@H]3[C@@H](CC=C4C[C@@H](OCCO)CC[C@@]43C)[C@@H]1CC[C@@H]2[C@@H](O)CC(O)(C(F)(F)F)C(F)(F)F. The minimum atomic E-state index is -5.93. The summed E-state index contributed by atoms with van der Waals surface area (Å²) in [6, 6.07) is 0. The minimum absolute atomic E-state index is 0.0197. The topological polar surface area (TPSA) is 69.9 Å². The molecule has 4 aliphatic rings. The molecule has 0 aromatic rings. The summed E-state index contributed by atoms with van der Waals surface area (Å²) in [6.45, 7) is 4.47. The Kier molecular flexibility index (Phi) is 7.37. The fraction of sp³-hybridized carbons (Fsp3) is 0.923. The van der Waals surface area contributed by atoms with Crippen molar-refractivity contribution < 1.29 is 46.4 Å². The van der Waals surface area contributed by atoms with Crippen LogP contribution in [-0.4, -0.2) is 58.7 Å². The molecule has 3 N–H and O–H groups in total. The molecular weight excluding hydrogens is 490 g/mol. The van der Waals surface area contributed by atoms with Crippen LogP contribution >= 0.6 is 0 Å². The third-order valence-corrected chi connectivity index (χ3v) is 10.5. The van der Waals surface area contributed by atoms with Crippen molar-refractivity contribution in [3.8, 4) is 0 Å². The standard InChI is InChI=1S/C26H38F6O4/c1-22-9-7-16(36-12-11-33)13-15(22)3-4-17-18-5-6-20(23(18,2)10-8-19(17)22)21(34)14-24(35,25(27,28)29)26(30,31)32/h3,16-21,33-35H,4-14H2,1-2H3/t16-,17-,18-,19-,20+,21-,22-,23-/m0/s1. The van der Waals surface area contributed by atoms with Gasteiger partial charge in [0.05, 0.1) is 25.4 Å². The molecule has 0 saturated heterocycles. The van der Waals surface area contributed by atoms with Crippen LogP contribution in [0.2, 0.25) is 0 Å². The van der Waals surface area contributed by atoms with Crippen LogP contribution in [0.3, 0.4) is 0 Å². The van der Waals surface area contributed by atoms with Crippen LogP contribution in [0.4, 0.5) is 26.3 Å². The maximum atomic E-state index is 13.3. The number of allylic oxidation sites excluding steroid dienone is 1. The van der Waals surface area contributed by atoms with Crippen LogP contribution < -0.4 is 0 Å². The molecule has 0 heterocycles. The molecule has 0 amide bonds. The predicted molar refractivity (Wildman–Crippen MR) is 120 cm³/mol. The van der Waals surface area contributed by atoms with Crippen LogP contribution in [-0.2, 0) is 4.74 Å². The quantitative estimate of drug-likeness (QED) is 0.312. The van der Waals surface area contributed by atoms with Gasteiger partial charge in [0.2, 0.25) is 0 Å². The first-order valence-corrected chi connectivity index (χ1v) is 13.0. The second-order valence-electron chi connectivity index (χ2n) is 12.1. The first-order chi connectivity index (χ1) is 16.6. The Labute approximate surface area is 208 Å². The van der Waals surface area contributed by atoms with Crippen molar-refractivity contribution in [3.63, 3.8) is 0 Å². The number of fused-ring (bicyclic) bond motifs is 5. The van der Waals surface area contributed by atoms with E-state index in [1.807, 2.05) is 6.92 Å². The fourth-order valence-electron chi connectivity index (χ4n) is 8.50. The fourth-order valence-corrected chi connectivity index (χ4v) is 8.50. The van der Waals surface area contributed by atoms with E-state index in [1.165, 1.54) is 5.57 Å². The second kappa shape index (κ2) is 9.42. The first-order valence-electron chi connectivity index (χ1n) is 13.0. The third-order valence-electron chi connectivity index (χ3n) is 10.5. The lowest BCUT2D eigenvalue weighted by Crippen LogP contribution is -2.59. The highest BCUT2D eigenvalue weighted by molar-refractivity contribution is 5.25. The van der Waals surface area contributed by atoms with Gasteiger partial charge in [-0.3, -0.25) is 0 Å². The summed E-state index contributed by atoms with van der Waals surface area (Å²) in [5.74, 6) is -0.0134. The molecule has 208 valence electrons. The smallest absolute Gasteiger partial charge is 0.394 e. The van der Waals surface area contributed by atoms with E-state index in [-0.39, 0.29) is 30.0 Å². The maximum Gasteiger partial charge on any atom is 0.426 e. The molecule has 4 nitrogen and oxygen atoms in total. The lowest BCUT2D eigenvalue weighted by molar-refractivity contribution is -0.375. The highest BCUT2D eigenvalue weighted by Gasteiger charge is 2.71. The Morgan fingerprint density at radius 2 is 1.67 bits per heavy atom. The number of hydrogen-bond donors (Lipinski definition) is 3. The number of aliphatic hydroxyl groups excluding tert-OH is 2. The first kappa shape index (κ1) is 28.2. The van der Waals surface area contributed by atoms with E-state index in [1.54, 1.807) is 0 Å². The molecular formula is C26H38F6O4. The maximum absolute atomic E-state index is 13.3. The van der Waals surface area contributed by atoms with E-state index >= 15 is 0 Å². The van der Waals surface area contributed by atoms with Gasteiger partial charge in [-0.25, -0.2) is 0 Å². The third kappa shape index (κ3) is 4.41. The molecule has 4 aliphatic carbocycles. The summed E-state index contributed by atoms with van der Waals surface area (Å²) in [7, 11) is 0. The molecule has 0 bridgehead atoms. The van der Waals surface area contributed by atoms with Crippen molar-refractivity contribution in [3.05, 3.63) is 11.6 Å². The molecule has 3 saturated carbocycles. The Morgan fingerprint density at radius 3 is 2.28 bits per heavy atom. The van der Waals surface area contributed by atoms with Gasteiger partial charge in [0.25, 0.3) is 5.60 Å². The number of halogens is 6. The van der Waals surface area contributed by atoms with Gasteiger partial charge in [-0.15, -0.1) is 0 Å². The molecule has 0 unspecified atom stereocenters. The Balaban J connectivity index is 1.52. The van der Waals surface area contributed by atoms with Gasteiger partial charge in [-0.1, -0.05) is 25.5 Å². The summed E-state index contributed by atoms with van der Waals surface area (Å²) in [6.07, 6.45) is -7.34. The lowest BCUT2D eigenvalue weighted by Gasteiger charge is -2.58. The highest BCUT2D eigenvalue weighted by atomic mass is 19.4. The average Bonchev–Trinajstić information content (AvgIpc) is 3.13. The molecule has 0 radical (unpaired) electrons. The molecule has 0 spiro atoms. The van der Waals surface area contributed by atoms with Crippen LogP contribution in [0.15, 0.2) is 11.6 Å². The lowest BCUT2D eigenvalue weighted by atomic mass is 9.47. The zero-order valence-corrected chi connectivity index (χ0v) is 20.8. The van der Waals surface area contributed by atoms with E-state index in [0.29, 0.717) is 31.8 Å². The molecule has 0 aromatic carbocycles. The van der Waals surface area contributed by atoms with Crippen molar-refractivity contribution >= 4 is 0 Å². The van der Waals surface area contributed by atoms with Crippen LogP contribution in [0.1, 0.15) is 71.6 Å². The Hall–Kier alpha value is -0.840. The van der Waals surface area contributed by atoms with Gasteiger partial charge in [0.15, 0.2) is 0 Å². The van der Waals surface area contributed by atoms with Crippen molar-refractivity contribution in [2.45, 2.75) is 102 Å². The van der Waals surface area contributed by atoms with Crippen LogP contribution in [0, 0.1) is 34.5 Å². The number of alkyl halides is 6. The molecule has 0 aliphatic heterocycles. The van der Waals surface area contributed by atoms with Crippen molar-refractivity contribution in [2.75, 3.05) is 13.2 Å². The van der Waals surface area contributed by atoms with Gasteiger partial charge in [0, 0.05) is 6.42 Å². The predicted octanol–water partition coefficient (Wildman–Crippen LogP) is 5.55. The highest BCUT2D eigenvalue weighted by Crippen LogP contribution is 2.67. The van der Waals surface area contributed by atoms with E-state index in [9.17, 15) is 36.6 Å². The number of rotatable bonds is 6. The number of ether oxygens (including phenoxy) is 1. The molecule has 3 fully saturated rings. The van der Waals surface area contributed by atoms with Crippen molar-refractivity contribution in [2.24, 2.45) is 34.5 Å². The van der Waals surface area contributed by atoms with Gasteiger partial charge in [-0.05, 0) is 85.9 Å². The second-order valence-corrected chi connectivity index (χ2v) is 12.1. The zero-order valence-electron chi connectivity index (χ0n) is 20.8. The molecule has 0 aromatic heterocycles. The Morgan fingerprint density at radius 1 is 1.00 bits per heavy atom. The Bertz CT molecular complexity index is 827. The van der Waals surface area contributed by atoms with Crippen molar-refractivity contribution in [1.29, 1.82) is 0 Å². The van der Waals surface area contributed by atoms with E-state index in [0.717, 1.165) is 32.1 Å². The molecule has 10 heteroatoms.